The van der Waals surface area contributed by atoms with Crippen molar-refractivity contribution in [2.24, 2.45) is 0 Å². The number of anilines is 2. The zero-order valence-electron chi connectivity index (χ0n) is 14.8. The van der Waals surface area contributed by atoms with Crippen LogP contribution in [0.15, 0.2) is 35.5 Å². The van der Waals surface area contributed by atoms with E-state index < -0.39 is 0 Å². The molecule has 2 N–H and O–H groups in total. The number of benzene rings is 1. The molecule has 2 aromatic rings. The number of aryl methyl sites for hydroxylation is 1. The molecule has 0 atom stereocenters. The Morgan fingerprint density at radius 1 is 1.16 bits per heavy atom. The van der Waals surface area contributed by atoms with Crippen LogP contribution in [0.1, 0.15) is 32.4 Å². The molecule has 0 fully saturated rings. The van der Waals surface area contributed by atoms with Crippen molar-refractivity contribution in [1.29, 1.82) is 0 Å². The Bertz CT molecular complexity index is 692. The molecule has 134 valence electrons. The number of hydrogen-bond acceptors (Lipinski definition) is 5. The fourth-order valence-corrected chi connectivity index (χ4v) is 3.27. The highest BCUT2D eigenvalue weighted by Gasteiger charge is 2.05. The number of thioether (sulfide) groups is 1. The number of ether oxygens (including phenoxy) is 1. The largest absolute Gasteiger partial charge is 0.494 e. The minimum absolute atomic E-state index is 0.492. The number of nitrogens with one attached hydrogen (secondary N) is 2. The Labute approximate surface area is 159 Å². The summed E-state index contributed by atoms with van der Waals surface area (Å²) in [6.45, 7) is 6.75. The standard InChI is InChI=1S/C18H24N4OS2/c1-4-6-11-25-18-19-13(3)12-16(22-18)21-17(24)20-14-7-9-15(10-8-14)23-5-2/h7-10,12H,4-6,11H2,1-3H3,(H2,19,20,21,22,24). The van der Waals surface area contributed by atoms with E-state index in [0.717, 1.165) is 34.5 Å². The van der Waals surface area contributed by atoms with Gasteiger partial charge in [-0.3, -0.25) is 0 Å². The van der Waals surface area contributed by atoms with E-state index in [2.05, 4.69) is 27.5 Å². The SMILES string of the molecule is CCCCSc1nc(C)cc(NC(=S)Nc2ccc(OCC)cc2)n1. The molecule has 0 aliphatic carbocycles. The maximum atomic E-state index is 5.43. The summed E-state index contributed by atoms with van der Waals surface area (Å²) in [5.41, 5.74) is 1.81. The van der Waals surface area contributed by atoms with Crippen LogP contribution in [0.2, 0.25) is 0 Å². The van der Waals surface area contributed by atoms with Crippen LogP contribution >= 0.6 is 24.0 Å². The van der Waals surface area contributed by atoms with Crippen LogP contribution in [0.25, 0.3) is 0 Å². The summed E-state index contributed by atoms with van der Waals surface area (Å²) in [4.78, 5) is 8.98. The molecular formula is C18H24N4OS2. The molecule has 0 spiro atoms. The molecular weight excluding hydrogens is 352 g/mol. The Balaban J connectivity index is 1.95. The summed E-state index contributed by atoms with van der Waals surface area (Å²) in [5, 5.41) is 7.54. The molecule has 0 aliphatic heterocycles. The molecule has 1 aromatic carbocycles. The Morgan fingerprint density at radius 2 is 1.92 bits per heavy atom. The minimum Gasteiger partial charge on any atom is -0.494 e. The number of rotatable bonds is 8. The van der Waals surface area contributed by atoms with Gasteiger partial charge in [0.15, 0.2) is 10.3 Å². The highest BCUT2D eigenvalue weighted by Crippen LogP contribution is 2.19. The first kappa shape index (κ1) is 19.5. The summed E-state index contributed by atoms with van der Waals surface area (Å²) < 4.78 is 5.43. The zero-order chi connectivity index (χ0) is 18.1. The Kier molecular flexibility index (Phi) is 7.94. The second-order valence-corrected chi connectivity index (χ2v) is 6.89. The van der Waals surface area contributed by atoms with Crippen molar-refractivity contribution in [3.63, 3.8) is 0 Å². The molecule has 2 rings (SSSR count). The first-order chi connectivity index (χ1) is 12.1. The summed E-state index contributed by atoms with van der Waals surface area (Å²) in [5.74, 6) is 2.57. The van der Waals surface area contributed by atoms with Crippen molar-refractivity contribution in [2.45, 2.75) is 38.8 Å². The second kappa shape index (κ2) is 10.2. The zero-order valence-corrected chi connectivity index (χ0v) is 16.5. The number of thiocarbonyl (C=S) groups is 1. The molecule has 7 heteroatoms. The summed E-state index contributed by atoms with van der Waals surface area (Å²) >= 11 is 7.05. The molecule has 5 nitrogen and oxygen atoms in total. The topological polar surface area (TPSA) is 59.1 Å². The lowest BCUT2D eigenvalue weighted by molar-refractivity contribution is 0.340. The van der Waals surface area contributed by atoms with Crippen molar-refractivity contribution in [1.82, 2.24) is 9.97 Å². The van der Waals surface area contributed by atoms with Gasteiger partial charge in [0.2, 0.25) is 0 Å². The van der Waals surface area contributed by atoms with Crippen molar-refractivity contribution < 1.29 is 4.74 Å². The molecule has 0 saturated heterocycles. The lowest BCUT2D eigenvalue weighted by Crippen LogP contribution is -2.20. The molecule has 25 heavy (non-hydrogen) atoms. The van der Waals surface area contributed by atoms with Crippen LogP contribution in [-0.2, 0) is 0 Å². The van der Waals surface area contributed by atoms with Gasteiger partial charge in [0, 0.05) is 23.2 Å². The molecule has 0 amide bonds. The number of nitrogens with zero attached hydrogens (tertiary/aromatic N) is 2. The van der Waals surface area contributed by atoms with Crippen molar-refractivity contribution >= 4 is 40.6 Å². The van der Waals surface area contributed by atoms with Gasteiger partial charge in [-0.1, -0.05) is 25.1 Å². The van der Waals surface area contributed by atoms with Crippen molar-refractivity contribution in [2.75, 3.05) is 23.0 Å². The highest BCUT2D eigenvalue weighted by atomic mass is 32.2. The van der Waals surface area contributed by atoms with E-state index in [-0.39, 0.29) is 0 Å². The predicted molar refractivity (Wildman–Crippen MR) is 110 cm³/mol. The van der Waals surface area contributed by atoms with Crippen LogP contribution in [-0.4, -0.2) is 27.4 Å². The monoisotopic (exact) mass is 376 g/mol. The Morgan fingerprint density at radius 3 is 2.60 bits per heavy atom. The molecule has 0 radical (unpaired) electrons. The van der Waals surface area contributed by atoms with Gasteiger partial charge in [-0.2, -0.15) is 0 Å². The maximum absolute atomic E-state index is 5.43. The van der Waals surface area contributed by atoms with E-state index in [1.807, 2.05) is 44.2 Å². The van der Waals surface area contributed by atoms with Crippen molar-refractivity contribution in [3.05, 3.63) is 36.0 Å². The Hall–Kier alpha value is -1.86. The molecule has 0 bridgehead atoms. The quantitative estimate of drug-likeness (QED) is 0.294. The van der Waals surface area contributed by atoms with Crippen LogP contribution in [0, 0.1) is 6.92 Å². The van der Waals surface area contributed by atoms with Gasteiger partial charge in [-0.15, -0.1) is 0 Å². The molecule has 1 aromatic heterocycles. The normalized spacial score (nSPS) is 10.4. The first-order valence-corrected chi connectivity index (χ1v) is 9.79. The maximum Gasteiger partial charge on any atom is 0.189 e. The van der Waals surface area contributed by atoms with Crippen LogP contribution in [0.3, 0.4) is 0 Å². The third-order valence-electron chi connectivity index (χ3n) is 3.23. The first-order valence-electron chi connectivity index (χ1n) is 8.40. The number of unbranched alkanes of at least 4 members (excludes halogenated alkanes) is 1. The lowest BCUT2D eigenvalue weighted by atomic mass is 10.3. The smallest absolute Gasteiger partial charge is 0.189 e. The van der Waals surface area contributed by atoms with E-state index in [4.69, 9.17) is 17.0 Å². The van der Waals surface area contributed by atoms with E-state index in [0.29, 0.717) is 17.5 Å². The van der Waals surface area contributed by atoms with Crippen LogP contribution < -0.4 is 15.4 Å². The van der Waals surface area contributed by atoms with Gasteiger partial charge in [0.1, 0.15) is 11.6 Å². The number of aromatic nitrogens is 2. The molecule has 0 unspecified atom stereocenters. The van der Waals surface area contributed by atoms with Crippen molar-refractivity contribution in [3.8, 4) is 5.75 Å². The minimum atomic E-state index is 0.492. The van der Waals surface area contributed by atoms with Gasteiger partial charge in [-0.25, -0.2) is 9.97 Å². The second-order valence-electron chi connectivity index (χ2n) is 5.42. The fraction of sp³-hybridized carbons (Fsp3) is 0.389. The average molecular weight is 377 g/mol. The molecule has 1 heterocycles. The van der Waals surface area contributed by atoms with Crippen LogP contribution in [0.5, 0.6) is 5.75 Å². The van der Waals surface area contributed by atoms with Gasteiger partial charge >= 0.3 is 0 Å². The summed E-state index contributed by atoms with van der Waals surface area (Å²) in [6, 6.07) is 9.56. The summed E-state index contributed by atoms with van der Waals surface area (Å²) in [6.07, 6.45) is 2.32. The lowest BCUT2D eigenvalue weighted by Gasteiger charge is -2.12. The summed E-state index contributed by atoms with van der Waals surface area (Å²) in [7, 11) is 0. The van der Waals surface area contributed by atoms with E-state index in [1.54, 1.807) is 11.8 Å². The van der Waals surface area contributed by atoms with Gasteiger partial charge in [0.25, 0.3) is 0 Å². The molecule has 0 saturated carbocycles. The van der Waals surface area contributed by atoms with Gasteiger partial charge in [0.05, 0.1) is 6.61 Å². The van der Waals surface area contributed by atoms with Crippen LogP contribution in [0.4, 0.5) is 11.5 Å². The van der Waals surface area contributed by atoms with E-state index in [9.17, 15) is 0 Å². The van der Waals surface area contributed by atoms with E-state index in [1.165, 1.54) is 6.42 Å². The van der Waals surface area contributed by atoms with Gasteiger partial charge in [-0.05, 0) is 56.8 Å². The average Bonchev–Trinajstić information content (AvgIpc) is 2.56. The predicted octanol–water partition coefficient (Wildman–Crippen LogP) is 4.88. The van der Waals surface area contributed by atoms with Gasteiger partial charge < -0.3 is 15.4 Å². The highest BCUT2D eigenvalue weighted by molar-refractivity contribution is 7.99. The molecule has 0 aliphatic rings. The third kappa shape index (κ3) is 6.88. The fourth-order valence-electron chi connectivity index (χ4n) is 2.06. The third-order valence-corrected chi connectivity index (χ3v) is 4.37. The van der Waals surface area contributed by atoms with E-state index >= 15 is 0 Å². The number of hydrogen-bond donors (Lipinski definition) is 2.